The Morgan fingerprint density at radius 1 is 1.50 bits per heavy atom. The zero-order valence-electron chi connectivity index (χ0n) is 10.7. The highest BCUT2D eigenvalue weighted by Gasteiger charge is 2.15. The molecule has 1 aliphatic rings. The van der Waals surface area contributed by atoms with E-state index in [1.165, 1.54) is 0 Å². The molecule has 5 heteroatoms. The van der Waals surface area contributed by atoms with Gasteiger partial charge in [-0.2, -0.15) is 0 Å². The molecule has 1 atom stereocenters. The first-order valence-corrected chi connectivity index (χ1v) is 6.39. The van der Waals surface area contributed by atoms with Crippen molar-refractivity contribution in [3.05, 3.63) is 30.1 Å². The molecule has 1 aromatic heterocycles. The standard InChI is InChI=1S/C13H20N4O/c1-11(12-4-2-3-5-15-12)16-13(18)10-17-8-6-14-7-9-17/h2-5,11,14H,6-10H2,1H3,(H,16,18)/t11-/m1/s1. The number of hydrogen-bond acceptors (Lipinski definition) is 4. The van der Waals surface area contributed by atoms with Crippen LogP contribution in [-0.2, 0) is 4.79 Å². The molecule has 1 aromatic rings. The number of aromatic nitrogens is 1. The van der Waals surface area contributed by atoms with Gasteiger partial charge >= 0.3 is 0 Å². The minimum atomic E-state index is -0.0402. The molecule has 0 radical (unpaired) electrons. The summed E-state index contributed by atoms with van der Waals surface area (Å²) in [5, 5.41) is 6.25. The Kier molecular flexibility index (Phi) is 4.66. The monoisotopic (exact) mass is 248 g/mol. The number of carbonyl (C=O) groups excluding carboxylic acids is 1. The molecular formula is C13H20N4O. The first-order valence-electron chi connectivity index (χ1n) is 6.39. The second-order valence-corrected chi connectivity index (χ2v) is 4.57. The predicted octanol–water partition coefficient (Wildman–Crippen LogP) is 0.164. The molecule has 0 aromatic carbocycles. The van der Waals surface area contributed by atoms with E-state index in [-0.39, 0.29) is 11.9 Å². The van der Waals surface area contributed by atoms with E-state index in [0.717, 1.165) is 31.9 Å². The summed E-state index contributed by atoms with van der Waals surface area (Å²) in [5.74, 6) is 0.0649. The highest BCUT2D eigenvalue weighted by Crippen LogP contribution is 2.07. The fourth-order valence-corrected chi connectivity index (χ4v) is 2.07. The molecule has 2 heterocycles. The molecule has 0 bridgehead atoms. The lowest BCUT2D eigenvalue weighted by Crippen LogP contribution is -2.47. The molecule has 2 rings (SSSR count). The van der Waals surface area contributed by atoms with Crippen LogP contribution in [0.1, 0.15) is 18.7 Å². The van der Waals surface area contributed by atoms with Gasteiger partial charge in [0.15, 0.2) is 0 Å². The maximum Gasteiger partial charge on any atom is 0.234 e. The third-order valence-electron chi connectivity index (χ3n) is 3.09. The number of rotatable bonds is 4. The summed E-state index contributed by atoms with van der Waals surface area (Å²) in [6, 6.07) is 5.69. The molecule has 5 nitrogen and oxygen atoms in total. The second kappa shape index (κ2) is 6.47. The Balaban J connectivity index is 1.80. The second-order valence-electron chi connectivity index (χ2n) is 4.57. The average molecular weight is 248 g/mol. The van der Waals surface area contributed by atoms with Gasteiger partial charge in [-0.05, 0) is 19.1 Å². The fraction of sp³-hybridized carbons (Fsp3) is 0.538. The number of pyridine rings is 1. The normalized spacial score (nSPS) is 18.3. The molecule has 1 saturated heterocycles. The summed E-state index contributed by atoms with van der Waals surface area (Å²) >= 11 is 0. The maximum atomic E-state index is 11.9. The minimum Gasteiger partial charge on any atom is -0.347 e. The zero-order valence-corrected chi connectivity index (χ0v) is 10.7. The Morgan fingerprint density at radius 2 is 2.28 bits per heavy atom. The molecule has 1 aliphatic heterocycles. The Hall–Kier alpha value is -1.46. The molecular weight excluding hydrogens is 228 g/mol. The number of nitrogens with zero attached hydrogens (tertiary/aromatic N) is 2. The number of piperazine rings is 1. The zero-order chi connectivity index (χ0) is 12.8. The van der Waals surface area contributed by atoms with E-state index in [1.807, 2.05) is 25.1 Å². The maximum absolute atomic E-state index is 11.9. The molecule has 1 amide bonds. The van der Waals surface area contributed by atoms with Gasteiger partial charge in [0.2, 0.25) is 5.91 Å². The quantitative estimate of drug-likeness (QED) is 0.797. The highest BCUT2D eigenvalue weighted by molar-refractivity contribution is 5.78. The van der Waals surface area contributed by atoms with Crippen LogP contribution in [0.5, 0.6) is 0 Å². The van der Waals surface area contributed by atoms with Crippen molar-refractivity contribution in [1.82, 2.24) is 20.5 Å². The molecule has 0 spiro atoms. The van der Waals surface area contributed by atoms with E-state index in [2.05, 4.69) is 20.5 Å². The lowest BCUT2D eigenvalue weighted by molar-refractivity contribution is -0.123. The van der Waals surface area contributed by atoms with Gasteiger partial charge in [0.25, 0.3) is 0 Å². The predicted molar refractivity (Wildman–Crippen MR) is 70.1 cm³/mol. The average Bonchev–Trinajstić information content (AvgIpc) is 2.40. The third kappa shape index (κ3) is 3.78. The minimum absolute atomic E-state index is 0.0402. The summed E-state index contributed by atoms with van der Waals surface area (Å²) in [6.45, 7) is 6.22. The van der Waals surface area contributed by atoms with Gasteiger partial charge in [-0.25, -0.2) is 0 Å². The van der Waals surface area contributed by atoms with E-state index in [0.29, 0.717) is 6.54 Å². The largest absolute Gasteiger partial charge is 0.347 e. The van der Waals surface area contributed by atoms with Gasteiger partial charge in [-0.15, -0.1) is 0 Å². The molecule has 0 saturated carbocycles. The van der Waals surface area contributed by atoms with Crippen LogP contribution < -0.4 is 10.6 Å². The van der Waals surface area contributed by atoms with Gasteiger partial charge in [0, 0.05) is 32.4 Å². The van der Waals surface area contributed by atoms with Crippen molar-refractivity contribution in [1.29, 1.82) is 0 Å². The molecule has 98 valence electrons. The van der Waals surface area contributed by atoms with E-state index >= 15 is 0 Å². The number of nitrogens with one attached hydrogen (secondary N) is 2. The summed E-state index contributed by atoms with van der Waals surface area (Å²) < 4.78 is 0. The number of carbonyl (C=O) groups is 1. The fourth-order valence-electron chi connectivity index (χ4n) is 2.07. The third-order valence-corrected chi connectivity index (χ3v) is 3.09. The van der Waals surface area contributed by atoms with Crippen molar-refractivity contribution >= 4 is 5.91 Å². The lowest BCUT2D eigenvalue weighted by Gasteiger charge is -2.27. The van der Waals surface area contributed by atoms with Crippen LogP contribution in [0, 0.1) is 0 Å². The van der Waals surface area contributed by atoms with Crippen LogP contribution in [-0.4, -0.2) is 48.5 Å². The van der Waals surface area contributed by atoms with Crippen molar-refractivity contribution in [2.45, 2.75) is 13.0 Å². The van der Waals surface area contributed by atoms with Crippen LogP contribution in [0.15, 0.2) is 24.4 Å². The highest BCUT2D eigenvalue weighted by atomic mass is 16.2. The van der Waals surface area contributed by atoms with Gasteiger partial charge in [-0.3, -0.25) is 14.7 Å². The number of amides is 1. The Morgan fingerprint density at radius 3 is 2.94 bits per heavy atom. The van der Waals surface area contributed by atoms with Crippen molar-refractivity contribution in [2.24, 2.45) is 0 Å². The van der Waals surface area contributed by atoms with Crippen LogP contribution in [0.4, 0.5) is 0 Å². The lowest BCUT2D eigenvalue weighted by atomic mass is 10.2. The molecule has 18 heavy (non-hydrogen) atoms. The van der Waals surface area contributed by atoms with Gasteiger partial charge in [0.1, 0.15) is 0 Å². The number of hydrogen-bond donors (Lipinski definition) is 2. The topological polar surface area (TPSA) is 57.3 Å². The molecule has 2 N–H and O–H groups in total. The Bertz CT molecular complexity index is 376. The smallest absolute Gasteiger partial charge is 0.234 e. The first kappa shape index (κ1) is 13.0. The van der Waals surface area contributed by atoms with Crippen molar-refractivity contribution in [2.75, 3.05) is 32.7 Å². The van der Waals surface area contributed by atoms with Crippen LogP contribution in [0.2, 0.25) is 0 Å². The van der Waals surface area contributed by atoms with Crippen LogP contribution in [0.25, 0.3) is 0 Å². The van der Waals surface area contributed by atoms with Crippen molar-refractivity contribution < 1.29 is 4.79 Å². The SMILES string of the molecule is C[C@@H](NC(=O)CN1CCNCC1)c1ccccn1. The molecule has 0 unspecified atom stereocenters. The molecule has 1 fully saturated rings. The first-order chi connectivity index (χ1) is 8.75. The van der Waals surface area contributed by atoms with E-state index in [1.54, 1.807) is 6.20 Å². The van der Waals surface area contributed by atoms with Crippen LogP contribution >= 0.6 is 0 Å². The van der Waals surface area contributed by atoms with Gasteiger partial charge < -0.3 is 10.6 Å². The van der Waals surface area contributed by atoms with E-state index in [4.69, 9.17) is 0 Å². The van der Waals surface area contributed by atoms with Crippen LogP contribution in [0.3, 0.4) is 0 Å². The van der Waals surface area contributed by atoms with Gasteiger partial charge in [-0.1, -0.05) is 6.07 Å². The van der Waals surface area contributed by atoms with E-state index < -0.39 is 0 Å². The summed E-state index contributed by atoms with van der Waals surface area (Å²) in [7, 11) is 0. The molecule has 0 aliphatic carbocycles. The Labute approximate surface area is 108 Å². The van der Waals surface area contributed by atoms with Gasteiger partial charge in [0.05, 0.1) is 18.3 Å². The summed E-state index contributed by atoms with van der Waals surface area (Å²) in [4.78, 5) is 18.3. The summed E-state index contributed by atoms with van der Waals surface area (Å²) in [6.07, 6.45) is 1.74. The van der Waals surface area contributed by atoms with Crippen molar-refractivity contribution in [3.63, 3.8) is 0 Å². The summed E-state index contributed by atoms with van der Waals surface area (Å²) in [5.41, 5.74) is 0.895. The van der Waals surface area contributed by atoms with Crippen molar-refractivity contribution in [3.8, 4) is 0 Å². The van der Waals surface area contributed by atoms with E-state index in [9.17, 15) is 4.79 Å².